The first-order valence-electron chi connectivity index (χ1n) is 9.58. The van der Waals surface area contributed by atoms with Gasteiger partial charge in [-0.25, -0.2) is 15.0 Å². The Morgan fingerprint density at radius 2 is 1.96 bits per heavy atom. The molecule has 1 aliphatic rings. The highest BCUT2D eigenvalue weighted by Crippen LogP contribution is 2.27. The highest BCUT2D eigenvalue weighted by Gasteiger charge is 2.21. The Bertz CT molecular complexity index is 1030. The van der Waals surface area contributed by atoms with Crippen molar-refractivity contribution in [3.05, 3.63) is 52.9 Å². The van der Waals surface area contributed by atoms with Crippen LogP contribution in [0.4, 0.5) is 11.6 Å². The topological polar surface area (TPSA) is 45.2 Å². The molecule has 1 fully saturated rings. The maximum absolute atomic E-state index is 6.15. The summed E-state index contributed by atoms with van der Waals surface area (Å²) in [7, 11) is 3.94. The summed E-state index contributed by atoms with van der Waals surface area (Å²) in [4.78, 5) is 18.5. The fraction of sp³-hybridized carbons (Fsp3) is 0.318. The lowest BCUT2D eigenvalue weighted by molar-refractivity contribution is 0.727. The van der Waals surface area contributed by atoms with Crippen LogP contribution in [0.3, 0.4) is 0 Å². The van der Waals surface area contributed by atoms with Gasteiger partial charge >= 0.3 is 0 Å². The molecule has 0 amide bonds. The van der Waals surface area contributed by atoms with Gasteiger partial charge in [0.1, 0.15) is 11.6 Å². The molecular formula is C22H24ClN5. The molecule has 0 radical (unpaired) electrons. The van der Waals surface area contributed by atoms with Gasteiger partial charge < -0.3 is 9.80 Å². The van der Waals surface area contributed by atoms with Crippen LogP contribution >= 0.6 is 11.6 Å². The van der Waals surface area contributed by atoms with E-state index in [2.05, 4.69) is 28.9 Å². The summed E-state index contributed by atoms with van der Waals surface area (Å²) in [5.41, 5.74) is 1.78. The largest absolute Gasteiger partial charge is 0.362 e. The Hall–Kier alpha value is -2.66. The number of fused-ring (bicyclic) bond motifs is 1. The zero-order valence-electron chi connectivity index (χ0n) is 16.4. The predicted molar refractivity (Wildman–Crippen MR) is 118 cm³/mol. The molecule has 1 unspecified atom stereocenters. The molecule has 2 aromatic heterocycles. The van der Waals surface area contributed by atoms with Gasteiger partial charge in [0, 0.05) is 37.1 Å². The molecule has 28 heavy (non-hydrogen) atoms. The van der Waals surface area contributed by atoms with Gasteiger partial charge in [0.2, 0.25) is 0 Å². The lowest BCUT2D eigenvalue weighted by Crippen LogP contribution is -2.27. The van der Waals surface area contributed by atoms with Crippen LogP contribution in [0.25, 0.3) is 23.1 Å². The summed E-state index contributed by atoms with van der Waals surface area (Å²) in [6.07, 6.45) is 6.34. The van der Waals surface area contributed by atoms with Gasteiger partial charge in [-0.1, -0.05) is 17.7 Å². The molecule has 0 saturated carbocycles. The van der Waals surface area contributed by atoms with Crippen molar-refractivity contribution in [3.8, 4) is 0 Å². The number of hydrogen-bond acceptors (Lipinski definition) is 5. The van der Waals surface area contributed by atoms with Crippen molar-refractivity contribution in [1.82, 2.24) is 15.0 Å². The quantitative estimate of drug-likeness (QED) is 0.630. The maximum atomic E-state index is 6.15. The van der Waals surface area contributed by atoms with Crippen molar-refractivity contribution in [2.75, 3.05) is 30.4 Å². The molecule has 1 atom stereocenters. The lowest BCUT2D eigenvalue weighted by Gasteiger charge is -2.22. The number of nitrogens with zero attached hydrogens (tertiary/aromatic N) is 5. The van der Waals surface area contributed by atoms with Crippen LogP contribution in [0.15, 0.2) is 36.4 Å². The first-order chi connectivity index (χ1) is 13.5. The zero-order valence-corrected chi connectivity index (χ0v) is 17.2. The molecule has 0 spiro atoms. The first-order valence-corrected chi connectivity index (χ1v) is 9.95. The van der Waals surface area contributed by atoms with Crippen LogP contribution in [-0.4, -0.2) is 41.6 Å². The van der Waals surface area contributed by atoms with Crippen LogP contribution in [0.2, 0.25) is 5.02 Å². The van der Waals surface area contributed by atoms with Crippen molar-refractivity contribution < 1.29 is 0 Å². The third kappa shape index (κ3) is 3.80. The van der Waals surface area contributed by atoms with E-state index in [0.717, 1.165) is 34.8 Å². The SMILES string of the molecule is CC1CCCN1c1cccc(/C=C/c2nc(N(C)C)c3cc(Cl)ccc3n2)n1. The van der Waals surface area contributed by atoms with E-state index in [0.29, 0.717) is 16.9 Å². The molecule has 1 saturated heterocycles. The molecule has 1 aliphatic heterocycles. The highest BCUT2D eigenvalue weighted by atomic mass is 35.5. The highest BCUT2D eigenvalue weighted by molar-refractivity contribution is 6.31. The van der Waals surface area contributed by atoms with Gasteiger partial charge in [0.25, 0.3) is 0 Å². The van der Waals surface area contributed by atoms with E-state index >= 15 is 0 Å². The van der Waals surface area contributed by atoms with Crippen molar-refractivity contribution in [2.45, 2.75) is 25.8 Å². The summed E-state index contributed by atoms with van der Waals surface area (Å²) in [5.74, 6) is 2.54. The van der Waals surface area contributed by atoms with E-state index in [9.17, 15) is 0 Å². The summed E-state index contributed by atoms with van der Waals surface area (Å²) in [6, 6.07) is 12.4. The molecule has 3 aromatic rings. The number of aromatic nitrogens is 3. The molecule has 0 bridgehead atoms. The van der Waals surface area contributed by atoms with E-state index < -0.39 is 0 Å². The Morgan fingerprint density at radius 3 is 2.71 bits per heavy atom. The van der Waals surface area contributed by atoms with Crippen molar-refractivity contribution in [1.29, 1.82) is 0 Å². The van der Waals surface area contributed by atoms with Gasteiger partial charge in [-0.05, 0) is 62.2 Å². The molecule has 3 heterocycles. The normalized spacial score (nSPS) is 17.0. The predicted octanol–water partition coefficient (Wildman–Crippen LogP) is 4.90. The summed E-state index contributed by atoms with van der Waals surface area (Å²) in [5, 5.41) is 1.62. The number of rotatable bonds is 4. The van der Waals surface area contributed by atoms with Crippen LogP contribution in [0.1, 0.15) is 31.3 Å². The third-order valence-electron chi connectivity index (χ3n) is 5.08. The zero-order chi connectivity index (χ0) is 19.7. The molecule has 1 aromatic carbocycles. The molecule has 0 aliphatic carbocycles. The second kappa shape index (κ2) is 7.76. The summed E-state index contributed by atoms with van der Waals surface area (Å²) in [6.45, 7) is 3.33. The smallest absolute Gasteiger partial charge is 0.155 e. The molecule has 0 N–H and O–H groups in total. The third-order valence-corrected chi connectivity index (χ3v) is 5.32. The van der Waals surface area contributed by atoms with Crippen molar-refractivity contribution in [2.24, 2.45) is 0 Å². The van der Waals surface area contributed by atoms with Crippen LogP contribution < -0.4 is 9.80 Å². The van der Waals surface area contributed by atoms with Gasteiger partial charge in [-0.3, -0.25) is 0 Å². The fourth-order valence-corrected chi connectivity index (χ4v) is 3.82. The summed E-state index contributed by atoms with van der Waals surface area (Å²) < 4.78 is 0. The second-order valence-corrected chi connectivity index (χ2v) is 7.84. The number of anilines is 2. The summed E-state index contributed by atoms with van der Waals surface area (Å²) >= 11 is 6.15. The molecular weight excluding hydrogens is 370 g/mol. The second-order valence-electron chi connectivity index (χ2n) is 7.40. The Balaban J connectivity index is 1.66. The Labute approximate surface area is 170 Å². The minimum absolute atomic E-state index is 0.546. The number of benzene rings is 1. The molecule has 4 rings (SSSR count). The van der Waals surface area contributed by atoms with Gasteiger partial charge in [0.15, 0.2) is 5.82 Å². The van der Waals surface area contributed by atoms with Gasteiger partial charge in [-0.15, -0.1) is 0 Å². The van der Waals surface area contributed by atoms with E-state index in [1.54, 1.807) is 0 Å². The standard InChI is InChI=1S/C22H24ClN5/c1-15-6-5-13-28(15)21-8-4-7-17(24-21)10-12-20-25-19-11-9-16(23)14-18(19)22(26-20)27(2)3/h4,7-12,14-15H,5-6,13H2,1-3H3/b12-10+. The molecule has 144 valence electrons. The van der Waals surface area contributed by atoms with Gasteiger partial charge in [0.05, 0.1) is 11.2 Å². The number of halogens is 1. The van der Waals surface area contributed by atoms with E-state index in [1.807, 2.05) is 55.4 Å². The monoisotopic (exact) mass is 393 g/mol. The average Bonchev–Trinajstić information content (AvgIpc) is 3.12. The van der Waals surface area contributed by atoms with Crippen molar-refractivity contribution >= 4 is 46.3 Å². The minimum Gasteiger partial charge on any atom is -0.362 e. The molecule has 6 heteroatoms. The molecule has 5 nitrogen and oxygen atoms in total. The van der Waals surface area contributed by atoms with Gasteiger partial charge in [-0.2, -0.15) is 0 Å². The number of hydrogen-bond donors (Lipinski definition) is 0. The van der Waals surface area contributed by atoms with Crippen LogP contribution in [-0.2, 0) is 0 Å². The lowest BCUT2D eigenvalue weighted by atomic mass is 10.2. The van der Waals surface area contributed by atoms with Crippen LogP contribution in [0, 0.1) is 0 Å². The van der Waals surface area contributed by atoms with E-state index in [1.165, 1.54) is 12.8 Å². The minimum atomic E-state index is 0.546. The first kappa shape index (κ1) is 18.7. The fourth-order valence-electron chi connectivity index (χ4n) is 3.64. The van der Waals surface area contributed by atoms with E-state index in [4.69, 9.17) is 21.6 Å². The number of pyridine rings is 1. The Morgan fingerprint density at radius 1 is 1.11 bits per heavy atom. The average molecular weight is 394 g/mol. The maximum Gasteiger partial charge on any atom is 0.155 e. The Kier molecular flexibility index (Phi) is 5.18. The van der Waals surface area contributed by atoms with Crippen LogP contribution in [0.5, 0.6) is 0 Å². The van der Waals surface area contributed by atoms with Crippen molar-refractivity contribution in [3.63, 3.8) is 0 Å². The van der Waals surface area contributed by atoms with E-state index in [-0.39, 0.29) is 0 Å².